The van der Waals surface area contributed by atoms with Crippen molar-refractivity contribution in [2.45, 2.75) is 50.8 Å². The van der Waals surface area contributed by atoms with Gasteiger partial charge in [-0.3, -0.25) is 0 Å². The molecule has 1 rings (SSSR count). The summed E-state index contributed by atoms with van der Waals surface area (Å²) in [5, 5.41) is 12.4. The zero-order valence-electron chi connectivity index (χ0n) is 9.83. The van der Waals surface area contributed by atoms with Crippen LogP contribution in [0, 0.1) is 0 Å². The fourth-order valence-electron chi connectivity index (χ4n) is 2.33. The monoisotopic (exact) mass is 216 g/mol. The van der Waals surface area contributed by atoms with Crippen LogP contribution in [0.2, 0.25) is 0 Å². The largest absolute Gasteiger partial charge is 0.396 e. The van der Waals surface area contributed by atoms with Crippen LogP contribution in [0.15, 0.2) is 0 Å². The quantitative estimate of drug-likeness (QED) is 0.616. The molecule has 4 N–H and O–H groups in total. The molecule has 15 heavy (non-hydrogen) atoms. The number of hydrogen-bond donors (Lipinski definition) is 3. The van der Waals surface area contributed by atoms with Gasteiger partial charge in [-0.15, -0.1) is 0 Å². The van der Waals surface area contributed by atoms with Gasteiger partial charge in [-0.2, -0.15) is 0 Å². The number of aliphatic hydroxyl groups is 1. The molecule has 0 aromatic rings. The Balaban J connectivity index is 2.51. The van der Waals surface area contributed by atoms with E-state index in [9.17, 15) is 0 Å². The molecule has 0 aromatic heterocycles. The summed E-state index contributed by atoms with van der Waals surface area (Å²) in [5.41, 5.74) is 5.87. The highest BCUT2D eigenvalue weighted by Gasteiger charge is 2.34. The minimum atomic E-state index is 0.00620. The second-order valence-corrected chi connectivity index (χ2v) is 4.68. The first-order valence-electron chi connectivity index (χ1n) is 5.82. The van der Waals surface area contributed by atoms with E-state index in [-0.39, 0.29) is 18.2 Å². The first-order chi connectivity index (χ1) is 7.12. The SMILES string of the molecule is CC(CCO)NC1(CN)CCOC(C)C1. The molecule has 1 aliphatic heterocycles. The molecule has 0 saturated carbocycles. The fraction of sp³-hybridized carbons (Fsp3) is 1.00. The van der Waals surface area contributed by atoms with Gasteiger partial charge in [-0.05, 0) is 33.1 Å². The van der Waals surface area contributed by atoms with E-state index in [1.807, 2.05) is 0 Å². The minimum absolute atomic E-state index is 0.00620. The van der Waals surface area contributed by atoms with Crippen molar-refractivity contribution in [2.24, 2.45) is 5.73 Å². The Morgan fingerprint density at radius 3 is 2.93 bits per heavy atom. The lowest BCUT2D eigenvalue weighted by Gasteiger charge is -2.42. The van der Waals surface area contributed by atoms with Crippen LogP contribution in [-0.4, -0.2) is 42.5 Å². The van der Waals surface area contributed by atoms with Crippen molar-refractivity contribution in [3.8, 4) is 0 Å². The summed E-state index contributed by atoms with van der Waals surface area (Å²) < 4.78 is 5.53. The van der Waals surface area contributed by atoms with E-state index in [0.717, 1.165) is 25.9 Å². The lowest BCUT2D eigenvalue weighted by atomic mass is 9.86. The van der Waals surface area contributed by atoms with Crippen LogP contribution in [0.3, 0.4) is 0 Å². The molecule has 3 atom stereocenters. The van der Waals surface area contributed by atoms with Gasteiger partial charge in [-0.25, -0.2) is 0 Å². The Morgan fingerprint density at radius 1 is 1.67 bits per heavy atom. The molecule has 4 nitrogen and oxygen atoms in total. The Bertz CT molecular complexity index is 189. The first kappa shape index (κ1) is 12.9. The predicted octanol–water partition coefficient (Wildman–Crippen LogP) is 0.243. The van der Waals surface area contributed by atoms with E-state index in [1.54, 1.807) is 0 Å². The van der Waals surface area contributed by atoms with Crippen LogP contribution in [-0.2, 0) is 4.74 Å². The van der Waals surface area contributed by atoms with Crippen LogP contribution in [0.1, 0.15) is 33.1 Å². The van der Waals surface area contributed by atoms with Crippen LogP contribution >= 0.6 is 0 Å². The maximum absolute atomic E-state index is 8.88. The van der Waals surface area contributed by atoms with Gasteiger partial charge in [-0.1, -0.05) is 0 Å². The van der Waals surface area contributed by atoms with E-state index in [0.29, 0.717) is 12.6 Å². The van der Waals surface area contributed by atoms with Crippen LogP contribution in [0.4, 0.5) is 0 Å². The van der Waals surface area contributed by atoms with Crippen molar-refractivity contribution in [3.63, 3.8) is 0 Å². The average Bonchev–Trinajstić information content (AvgIpc) is 2.18. The molecule has 1 aliphatic rings. The van der Waals surface area contributed by atoms with Crippen LogP contribution in [0.25, 0.3) is 0 Å². The Labute approximate surface area is 92.2 Å². The first-order valence-corrected chi connectivity index (χ1v) is 5.82. The Hall–Kier alpha value is -0.160. The second kappa shape index (κ2) is 5.80. The van der Waals surface area contributed by atoms with Crippen molar-refractivity contribution in [1.29, 1.82) is 0 Å². The third-order valence-corrected chi connectivity index (χ3v) is 3.17. The van der Waals surface area contributed by atoms with Gasteiger partial charge in [0.05, 0.1) is 6.10 Å². The number of ether oxygens (including phenoxy) is 1. The second-order valence-electron chi connectivity index (χ2n) is 4.68. The summed E-state index contributed by atoms with van der Waals surface area (Å²) in [6, 6.07) is 0.309. The smallest absolute Gasteiger partial charge is 0.0565 e. The molecule has 0 aromatic carbocycles. The Morgan fingerprint density at radius 2 is 2.40 bits per heavy atom. The maximum Gasteiger partial charge on any atom is 0.0565 e. The van der Waals surface area contributed by atoms with E-state index in [1.165, 1.54) is 0 Å². The summed E-state index contributed by atoms with van der Waals surface area (Å²) >= 11 is 0. The van der Waals surface area contributed by atoms with Gasteiger partial charge < -0.3 is 20.9 Å². The maximum atomic E-state index is 8.88. The zero-order chi connectivity index (χ0) is 11.3. The molecule has 1 fully saturated rings. The third-order valence-electron chi connectivity index (χ3n) is 3.17. The van der Waals surface area contributed by atoms with Crippen molar-refractivity contribution in [3.05, 3.63) is 0 Å². The number of rotatable bonds is 5. The minimum Gasteiger partial charge on any atom is -0.396 e. The van der Waals surface area contributed by atoms with E-state index in [2.05, 4.69) is 19.2 Å². The van der Waals surface area contributed by atoms with Gasteiger partial charge in [0, 0.05) is 31.3 Å². The fourth-order valence-corrected chi connectivity index (χ4v) is 2.33. The molecule has 0 bridgehead atoms. The molecule has 1 heterocycles. The topological polar surface area (TPSA) is 67.5 Å². The Kier molecular flexibility index (Phi) is 4.99. The van der Waals surface area contributed by atoms with Gasteiger partial charge in [0.1, 0.15) is 0 Å². The highest BCUT2D eigenvalue weighted by atomic mass is 16.5. The summed E-state index contributed by atoms with van der Waals surface area (Å²) in [6.07, 6.45) is 2.97. The zero-order valence-corrected chi connectivity index (χ0v) is 9.83. The summed E-state index contributed by atoms with van der Waals surface area (Å²) in [5.74, 6) is 0. The van der Waals surface area contributed by atoms with E-state index in [4.69, 9.17) is 15.6 Å². The van der Waals surface area contributed by atoms with E-state index >= 15 is 0 Å². The number of hydrogen-bond acceptors (Lipinski definition) is 4. The highest BCUT2D eigenvalue weighted by molar-refractivity contribution is 4.94. The number of nitrogens with two attached hydrogens (primary N) is 1. The average molecular weight is 216 g/mol. The molecule has 0 spiro atoms. The molecule has 1 saturated heterocycles. The van der Waals surface area contributed by atoms with Gasteiger partial charge in [0.15, 0.2) is 0 Å². The lowest BCUT2D eigenvalue weighted by Crippen LogP contribution is -2.58. The highest BCUT2D eigenvalue weighted by Crippen LogP contribution is 2.24. The van der Waals surface area contributed by atoms with Crippen molar-refractivity contribution in [2.75, 3.05) is 19.8 Å². The van der Waals surface area contributed by atoms with E-state index < -0.39 is 0 Å². The normalized spacial score (nSPS) is 34.0. The molecule has 4 heteroatoms. The van der Waals surface area contributed by atoms with Crippen molar-refractivity contribution >= 4 is 0 Å². The molecule has 3 unspecified atom stereocenters. The third kappa shape index (κ3) is 3.72. The van der Waals surface area contributed by atoms with Gasteiger partial charge in [0.25, 0.3) is 0 Å². The van der Waals surface area contributed by atoms with Gasteiger partial charge >= 0.3 is 0 Å². The number of nitrogens with one attached hydrogen (secondary N) is 1. The van der Waals surface area contributed by atoms with Gasteiger partial charge in [0.2, 0.25) is 0 Å². The molecular weight excluding hydrogens is 192 g/mol. The molecule has 90 valence electrons. The molecule has 0 radical (unpaired) electrons. The number of aliphatic hydroxyl groups excluding tert-OH is 1. The van der Waals surface area contributed by atoms with Crippen molar-refractivity contribution in [1.82, 2.24) is 5.32 Å². The lowest BCUT2D eigenvalue weighted by molar-refractivity contribution is -0.0195. The molecule has 0 amide bonds. The van der Waals surface area contributed by atoms with Crippen molar-refractivity contribution < 1.29 is 9.84 Å². The molecule has 0 aliphatic carbocycles. The summed E-state index contributed by atoms with van der Waals surface area (Å²) in [6.45, 7) is 5.81. The van der Waals surface area contributed by atoms with Crippen LogP contribution < -0.4 is 11.1 Å². The molecular formula is C11H24N2O2. The standard InChI is InChI=1S/C11H24N2O2/c1-9(3-5-14)13-11(8-12)4-6-15-10(2)7-11/h9-10,13-14H,3-8,12H2,1-2H3. The van der Waals surface area contributed by atoms with Crippen LogP contribution in [0.5, 0.6) is 0 Å². The summed E-state index contributed by atoms with van der Waals surface area (Å²) in [4.78, 5) is 0. The predicted molar refractivity (Wildman–Crippen MR) is 60.7 cm³/mol. The summed E-state index contributed by atoms with van der Waals surface area (Å²) in [7, 11) is 0.